The quantitative estimate of drug-likeness (QED) is 0.293. The minimum absolute atomic E-state index is 0.137. The maximum absolute atomic E-state index is 13.2. The molecule has 5 aliphatic heterocycles. The molecule has 48 heavy (non-hydrogen) atoms. The van der Waals surface area contributed by atoms with Crippen molar-refractivity contribution < 1.29 is 37.3 Å². The normalized spacial score (nSPS) is 24.0. The number of nitrogens with zero attached hydrogens (tertiary/aromatic N) is 3. The molecule has 12 heteroatoms. The third-order valence-corrected chi connectivity index (χ3v) is 9.91. The molecule has 9 nitrogen and oxygen atoms in total. The first-order valence-electron chi connectivity index (χ1n) is 16.0. The van der Waals surface area contributed by atoms with Gasteiger partial charge in [-0.05, 0) is 81.1 Å². The number of aliphatic hydroxyl groups excluding tert-OH is 1. The van der Waals surface area contributed by atoms with E-state index in [0.29, 0.717) is 63.8 Å². The number of rotatable bonds is 6. The number of fused-ring (bicyclic) bond motifs is 5. The lowest BCUT2D eigenvalue weighted by molar-refractivity contribution is -0.202. The van der Waals surface area contributed by atoms with Crippen LogP contribution in [0.25, 0.3) is 0 Å². The third-order valence-electron chi connectivity index (χ3n) is 9.91. The summed E-state index contributed by atoms with van der Waals surface area (Å²) in [5, 5.41) is 14.8. The summed E-state index contributed by atoms with van der Waals surface area (Å²) in [6, 6.07) is 0. The number of allylic oxidation sites excluding steroid dienone is 11. The molecule has 5 heterocycles. The van der Waals surface area contributed by atoms with E-state index >= 15 is 0 Å². The Morgan fingerprint density at radius 1 is 1.04 bits per heavy atom. The molecule has 1 fully saturated rings. The molecule has 8 bridgehead atoms. The Kier molecular flexibility index (Phi) is 8.33. The van der Waals surface area contributed by atoms with Gasteiger partial charge in [-0.25, -0.2) is 19.8 Å². The molecule has 1 saturated heterocycles. The number of nitrogens with one attached hydrogen (secondary N) is 1. The van der Waals surface area contributed by atoms with E-state index < -0.39 is 18.2 Å². The van der Waals surface area contributed by atoms with Crippen molar-refractivity contribution in [3.05, 3.63) is 91.5 Å². The predicted octanol–water partition coefficient (Wildman–Crippen LogP) is 7.11. The van der Waals surface area contributed by atoms with Crippen molar-refractivity contribution in [3.63, 3.8) is 0 Å². The number of aliphatic imine (C=N–C) groups is 3. The van der Waals surface area contributed by atoms with Gasteiger partial charge in [0.15, 0.2) is 0 Å². The van der Waals surface area contributed by atoms with E-state index in [1.807, 2.05) is 39.8 Å². The molecule has 0 aromatic carbocycles. The first-order valence-corrected chi connectivity index (χ1v) is 16.0. The topological polar surface area (TPSA) is 122 Å². The summed E-state index contributed by atoms with van der Waals surface area (Å²) in [5.41, 5.74) is 10.2. The van der Waals surface area contributed by atoms with Crippen LogP contribution in [0.1, 0.15) is 67.2 Å². The van der Waals surface area contributed by atoms with Crippen LogP contribution < -0.4 is 5.32 Å². The number of methoxy groups -OCH3 is 1. The summed E-state index contributed by atoms with van der Waals surface area (Å²) in [5.74, 6) is -2.70. The second-order valence-corrected chi connectivity index (χ2v) is 12.7. The molecular formula is C36H37F3N4O5. The lowest BCUT2D eigenvalue weighted by Gasteiger charge is -2.17. The molecule has 0 amide bonds. The summed E-state index contributed by atoms with van der Waals surface area (Å²) in [6.45, 7) is 11.0. The number of esters is 2. The van der Waals surface area contributed by atoms with E-state index in [1.54, 1.807) is 13.0 Å². The number of alkyl halides is 3. The zero-order chi connectivity index (χ0) is 34.8. The molecule has 0 radical (unpaired) electrons. The number of aliphatic hydroxyl groups is 1. The van der Waals surface area contributed by atoms with Crippen LogP contribution in [-0.2, 0) is 19.1 Å². The van der Waals surface area contributed by atoms with Gasteiger partial charge in [-0.3, -0.25) is 4.79 Å². The van der Waals surface area contributed by atoms with Crippen LogP contribution >= 0.6 is 0 Å². The summed E-state index contributed by atoms with van der Waals surface area (Å²) in [4.78, 5) is 38.9. The highest BCUT2D eigenvalue weighted by molar-refractivity contribution is 6.21. The largest absolute Gasteiger partial charge is 0.511 e. The second kappa shape index (κ2) is 12.1. The van der Waals surface area contributed by atoms with Crippen LogP contribution in [-0.4, -0.2) is 53.6 Å². The fraction of sp³-hybridized carbons (Fsp3) is 0.417. The van der Waals surface area contributed by atoms with Gasteiger partial charge in [0.1, 0.15) is 11.9 Å². The van der Waals surface area contributed by atoms with Gasteiger partial charge in [-0.2, -0.15) is 13.2 Å². The maximum atomic E-state index is 13.2. The van der Waals surface area contributed by atoms with Crippen LogP contribution in [0.5, 0.6) is 0 Å². The van der Waals surface area contributed by atoms with Crippen molar-refractivity contribution in [1.29, 1.82) is 0 Å². The highest BCUT2D eigenvalue weighted by atomic mass is 19.4. The van der Waals surface area contributed by atoms with Crippen LogP contribution in [0.4, 0.5) is 13.2 Å². The molecule has 252 valence electrons. The average Bonchev–Trinajstić information content (AvgIpc) is 3.77. The zero-order valence-electron chi connectivity index (χ0n) is 27.8. The van der Waals surface area contributed by atoms with E-state index in [1.165, 1.54) is 14.0 Å². The SMILES string of the molecule is CCC1=C(C)C2=NC1=CC1=C(C)C3=C(O)CC(=C4NC(=CC5=NC(=C2)C(C(C)OC(=O)C(F)(F)F)=C5C)[C@@H](C)[C@@H]4CCC(=O)OC)C3=N1. The van der Waals surface area contributed by atoms with Gasteiger partial charge >= 0.3 is 18.1 Å². The molecule has 1 aliphatic carbocycles. The van der Waals surface area contributed by atoms with Crippen molar-refractivity contribution in [3.8, 4) is 0 Å². The first kappa shape index (κ1) is 33.2. The monoisotopic (exact) mass is 662 g/mol. The lowest BCUT2D eigenvalue weighted by Crippen LogP contribution is -2.30. The number of hydrogen-bond donors (Lipinski definition) is 2. The van der Waals surface area contributed by atoms with Crippen LogP contribution in [0.15, 0.2) is 106 Å². The van der Waals surface area contributed by atoms with E-state index in [2.05, 4.69) is 5.32 Å². The second-order valence-electron chi connectivity index (χ2n) is 12.7. The van der Waals surface area contributed by atoms with Gasteiger partial charge in [0.25, 0.3) is 0 Å². The fourth-order valence-corrected chi connectivity index (χ4v) is 7.30. The Bertz CT molecular complexity index is 1910. The molecule has 2 N–H and O–H groups in total. The predicted molar refractivity (Wildman–Crippen MR) is 175 cm³/mol. The van der Waals surface area contributed by atoms with Gasteiger partial charge in [-0.1, -0.05) is 13.8 Å². The summed E-state index contributed by atoms with van der Waals surface area (Å²) in [7, 11) is 1.35. The van der Waals surface area contributed by atoms with Crippen molar-refractivity contribution in [2.24, 2.45) is 26.8 Å². The number of carbonyl (C=O) groups excluding carboxylic acids is 2. The summed E-state index contributed by atoms with van der Waals surface area (Å²) < 4.78 is 49.5. The van der Waals surface area contributed by atoms with Crippen LogP contribution in [0.2, 0.25) is 0 Å². The van der Waals surface area contributed by atoms with Gasteiger partial charge in [0.2, 0.25) is 0 Å². The Hall–Kier alpha value is -4.74. The van der Waals surface area contributed by atoms with Crippen molar-refractivity contribution in [2.45, 2.75) is 79.5 Å². The molecule has 0 aromatic rings. The molecule has 6 aliphatic rings. The van der Waals surface area contributed by atoms with E-state index in [0.717, 1.165) is 33.7 Å². The van der Waals surface area contributed by atoms with E-state index in [-0.39, 0.29) is 36.4 Å². The number of halogens is 3. The highest BCUT2D eigenvalue weighted by Crippen LogP contribution is 2.46. The minimum Gasteiger partial charge on any atom is -0.511 e. The Balaban J connectivity index is 1.57. The van der Waals surface area contributed by atoms with Crippen molar-refractivity contribution >= 4 is 29.1 Å². The van der Waals surface area contributed by atoms with Gasteiger partial charge in [0.05, 0.1) is 41.3 Å². The summed E-state index contributed by atoms with van der Waals surface area (Å²) >= 11 is 0. The first-order chi connectivity index (χ1) is 22.6. The fourth-order valence-electron chi connectivity index (χ4n) is 7.30. The molecular weight excluding hydrogens is 625 g/mol. The molecule has 0 saturated carbocycles. The van der Waals surface area contributed by atoms with Gasteiger partial charge in [-0.15, -0.1) is 0 Å². The molecule has 1 unspecified atom stereocenters. The summed E-state index contributed by atoms with van der Waals surface area (Å²) in [6.07, 6.45) is 0.619. The Morgan fingerprint density at radius 2 is 1.73 bits per heavy atom. The number of ether oxygens (including phenoxy) is 2. The van der Waals surface area contributed by atoms with Crippen molar-refractivity contribution in [2.75, 3.05) is 7.11 Å². The third kappa shape index (κ3) is 5.50. The lowest BCUT2D eigenvalue weighted by atomic mass is 9.86. The van der Waals surface area contributed by atoms with E-state index in [9.17, 15) is 27.9 Å². The van der Waals surface area contributed by atoms with Gasteiger partial charge < -0.3 is 19.9 Å². The highest BCUT2D eigenvalue weighted by Gasteiger charge is 2.44. The smallest absolute Gasteiger partial charge is 0.490 e. The molecule has 0 aromatic heterocycles. The molecule has 3 atom stereocenters. The standard InChI is InChI=1S/C36H37F3N4O5/c1-8-20-15(2)23-14-28-31(19(6)48-35(46)36(37,38)39)17(4)25(41-28)12-24-16(3)21(9-10-30(45)47-7)33(42-24)22-11-29(44)32-18(5)26(43-34(22)32)13-27(20)40-23/h12-14,16,19,21,42,44H,8-11H2,1-7H3/t16-,19?,21-/m0/s1. The van der Waals surface area contributed by atoms with Gasteiger partial charge in [0, 0.05) is 52.8 Å². The average molecular weight is 663 g/mol. The Morgan fingerprint density at radius 3 is 2.40 bits per heavy atom. The number of carbonyl (C=O) groups is 2. The maximum Gasteiger partial charge on any atom is 0.490 e. The minimum atomic E-state index is -5.15. The molecule has 0 spiro atoms. The van der Waals surface area contributed by atoms with Crippen LogP contribution in [0, 0.1) is 11.8 Å². The number of hydrogen-bond acceptors (Lipinski definition) is 9. The van der Waals surface area contributed by atoms with Crippen LogP contribution in [0.3, 0.4) is 0 Å². The Labute approximate surface area is 276 Å². The zero-order valence-corrected chi connectivity index (χ0v) is 27.8. The van der Waals surface area contributed by atoms with Crippen molar-refractivity contribution in [1.82, 2.24) is 5.32 Å². The molecule has 6 rings (SSSR count). The van der Waals surface area contributed by atoms with E-state index in [4.69, 9.17) is 24.5 Å².